The zero-order valence-corrected chi connectivity index (χ0v) is 10.9. The number of hydrogen-bond acceptors (Lipinski definition) is 1. The van der Waals surface area contributed by atoms with Gasteiger partial charge in [-0.3, -0.25) is 0 Å². The predicted molar refractivity (Wildman–Crippen MR) is 73.4 cm³/mol. The van der Waals surface area contributed by atoms with E-state index in [0.717, 1.165) is 17.9 Å². The highest BCUT2D eigenvalue weighted by Crippen LogP contribution is 2.34. The molecule has 1 nitrogen and oxygen atoms in total. The summed E-state index contributed by atoms with van der Waals surface area (Å²) in [6.45, 7) is 2.21. The van der Waals surface area contributed by atoms with Gasteiger partial charge in [0.15, 0.2) is 0 Å². The molecule has 90 valence electrons. The van der Waals surface area contributed by atoms with Crippen molar-refractivity contribution in [2.24, 2.45) is 0 Å². The first-order valence-corrected chi connectivity index (χ1v) is 6.89. The fourth-order valence-electron chi connectivity index (χ4n) is 3.07. The second kappa shape index (κ2) is 4.47. The van der Waals surface area contributed by atoms with Crippen molar-refractivity contribution >= 4 is 17.2 Å². The van der Waals surface area contributed by atoms with Gasteiger partial charge in [-0.1, -0.05) is 30.7 Å². The van der Waals surface area contributed by atoms with Gasteiger partial charge in [0.2, 0.25) is 0 Å². The summed E-state index contributed by atoms with van der Waals surface area (Å²) in [5.41, 5.74) is 4.29. The van der Waals surface area contributed by atoms with Crippen molar-refractivity contribution < 1.29 is 0 Å². The third kappa shape index (κ3) is 2.14. The summed E-state index contributed by atoms with van der Waals surface area (Å²) >= 11 is 6.14. The molecule has 1 saturated heterocycles. The van der Waals surface area contributed by atoms with Gasteiger partial charge in [0, 0.05) is 17.1 Å². The number of hydrogen-bond donors (Lipinski definition) is 1. The number of halogens is 1. The van der Waals surface area contributed by atoms with E-state index in [1.165, 1.54) is 29.5 Å². The third-order valence-electron chi connectivity index (χ3n) is 3.94. The van der Waals surface area contributed by atoms with Gasteiger partial charge < -0.3 is 5.32 Å². The molecule has 1 aromatic carbocycles. The minimum Gasteiger partial charge on any atom is -0.307 e. The summed E-state index contributed by atoms with van der Waals surface area (Å²) in [7, 11) is 0. The highest BCUT2D eigenvalue weighted by Gasteiger charge is 2.28. The quantitative estimate of drug-likeness (QED) is 0.838. The molecule has 2 bridgehead atoms. The topological polar surface area (TPSA) is 12.0 Å². The molecule has 2 aliphatic heterocycles. The molecule has 17 heavy (non-hydrogen) atoms. The monoisotopic (exact) mass is 247 g/mol. The molecule has 1 aromatic rings. The van der Waals surface area contributed by atoms with Crippen LogP contribution < -0.4 is 5.32 Å². The second-order valence-corrected chi connectivity index (χ2v) is 5.53. The van der Waals surface area contributed by atoms with Gasteiger partial charge in [0.1, 0.15) is 0 Å². The molecule has 2 atom stereocenters. The van der Waals surface area contributed by atoms with Crippen molar-refractivity contribution in [2.45, 2.75) is 44.7 Å². The predicted octanol–water partition coefficient (Wildman–Crippen LogP) is 3.81. The van der Waals surface area contributed by atoms with Crippen molar-refractivity contribution in [1.82, 2.24) is 5.32 Å². The van der Waals surface area contributed by atoms with Crippen LogP contribution in [0.4, 0.5) is 0 Å². The zero-order valence-electron chi connectivity index (χ0n) is 10.2. The Morgan fingerprint density at radius 2 is 2.24 bits per heavy atom. The zero-order chi connectivity index (χ0) is 11.8. The van der Waals surface area contributed by atoms with Crippen molar-refractivity contribution in [3.05, 3.63) is 40.4 Å². The lowest BCUT2D eigenvalue weighted by Crippen LogP contribution is -2.32. The highest BCUT2D eigenvalue weighted by molar-refractivity contribution is 6.30. The Bertz CT molecular complexity index is 464. The maximum atomic E-state index is 6.14. The minimum absolute atomic E-state index is 0.590. The van der Waals surface area contributed by atoms with Crippen LogP contribution in [0.15, 0.2) is 24.3 Å². The molecule has 2 heterocycles. The molecule has 2 heteroatoms. The third-order valence-corrected chi connectivity index (χ3v) is 4.18. The fourth-order valence-corrected chi connectivity index (χ4v) is 3.25. The molecule has 2 aliphatic rings. The van der Waals surface area contributed by atoms with Crippen molar-refractivity contribution in [3.63, 3.8) is 0 Å². The lowest BCUT2D eigenvalue weighted by Gasteiger charge is -2.23. The Labute approximate surface area is 108 Å². The number of fused-ring (bicyclic) bond motifs is 2. The van der Waals surface area contributed by atoms with Crippen LogP contribution in [0.5, 0.6) is 0 Å². The maximum Gasteiger partial charge on any atom is 0.0412 e. The van der Waals surface area contributed by atoms with E-state index in [9.17, 15) is 0 Å². The second-order valence-electron chi connectivity index (χ2n) is 5.10. The molecular formula is C15H18ClN. The van der Waals surface area contributed by atoms with Crippen LogP contribution in [0.2, 0.25) is 5.02 Å². The van der Waals surface area contributed by atoms with E-state index in [4.69, 9.17) is 11.6 Å². The SMILES string of the molecule is CCc1ccc(Cl)cc1C1=CC2CCC(C1)N2. The summed E-state index contributed by atoms with van der Waals surface area (Å²) in [6.07, 6.45) is 7.24. The van der Waals surface area contributed by atoms with Crippen LogP contribution in [-0.2, 0) is 6.42 Å². The van der Waals surface area contributed by atoms with E-state index in [1.807, 2.05) is 6.07 Å². The van der Waals surface area contributed by atoms with E-state index in [2.05, 4.69) is 30.4 Å². The Kier molecular flexibility index (Phi) is 2.97. The fraction of sp³-hybridized carbons (Fsp3) is 0.467. The molecule has 1 fully saturated rings. The molecule has 0 aliphatic carbocycles. The molecule has 0 saturated carbocycles. The first kappa shape index (κ1) is 11.3. The summed E-state index contributed by atoms with van der Waals surface area (Å²) in [6, 6.07) is 7.58. The molecule has 0 amide bonds. The molecule has 2 unspecified atom stereocenters. The van der Waals surface area contributed by atoms with Crippen LogP contribution in [-0.4, -0.2) is 12.1 Å². The lowest BCUT2D eigenvalue weighted by atomic mass is 9.91. The first-order valence-electron chi connectivity index (χ1n) is 6.52. The minimum atomic E-state index is 0.590. The molecule has 3 rings (SSSR count). The molecule has 1 N–H and O–H groups in total. The van der Waals surface area contributed by atoms with Gasteiger partial charge in [-0.05, 0) is 54.5 Å². The standard InChI is InChI=1S/C15H18ClN/c1-2-10-3-4-12(16)9-15(10)11-7-13-5-6-14(8-11)17-13/h3-4,7,9,13-14,17H,2,5-6,8H2,1H3. The van der Waals surface area contributed by atoms with E-state index in [1.54, 1.807) is 0 Å². The number of aryl methyl sites for hydroxylation is 1. The maximum absolute atomic E-state index is 6.14. The van der Waals surface area contributed by atoms with Crippen molar-refractivity contribution in [2.75, 3.05) is 0 Å². The van der Waals surface area contributed by atoms with E-state index in [0.29, 0.717) is 12.1 Å². The highest BCUT2D eigenvalue weighted by atomic mass is 35.5. The number of nitrogens with one attached hydrogen (secondary N) is 1. The van der Waals surface area contributed by atoms with Gasteiger partial charge >= 0.3 is 0 Å². The molecule has 0 radical (unpaired) electrons. The van der Waals surface area contributed by atoms with Gasteiger partial charge in [-0.15, -0.1) is 0 Å². The summed E-state index contributed by atoms with van der Waals surface area (Å²) in [4.78, 5) is 0. The number of benzene rings is 1. The van der Waals surface area contributed by atoms with Crippen LogP contribution in [0.3, 0.4) is 0 Å². The summed E-state index contributed by atoms with van der Waals surface area (Å²) in [5, 5.41) is 4.48. The van der Waals surface area contributed by atoms with Gasteiger partial charge in [-0.2, -0.15) is 0 Å². The molecule has 0 spiro atoms. The average molecular weight is 248 g/mol. The Morgan fingerprint density at radius 1 is 1.35 bits per heavy atom. The van der Waals surface area contributed by atoms with Crippen molar-refractivity contribution in [3.8, 4) is 0 Å². The number of rotatable bonds is 2. The Balaban J connectivity index is 2.01. The summed E-state index contributed by atoms with van der Waals surface area (Å²) in [5.74, 6) is 0. The Hall–Kier alpha value is -0.790. The summed E-state index contributed by atoms with van der Waals surface area (Å²) < 4.78 is 0. The van der Waals surface area contributed by atoms with Crippen LogP contribution in [0.1, 0.15) is 37.3 Å². The van der Waals surface area contributed by atoms with Crippen LogP contribution in [0.25, 0.3) is 5.57 Å². The Morgan fingerprint density at radius 3 is 3.00 bits per heavy atom. The smallest absolute Gasteiger partial charge is 0.0412 e. The van der Waals surface area contributed by atoms with E-state index in [-0.39, 0.29) is 0 Å². The van der Waals surface area contributed by atoms with Gasteiger partial charge in [-0.25, -0.2) is 0 Å². The molecule has 0 aromatic heterocycles. The van der Waals surface area contributed by atoms with E-state index < -0.39 is 0 Å². The van der Waals surface area contributed by atoms with Crippen LogP contribution in [0, 0.1) is 0 Å². The molecular weight excluding hydrogens is 230 g/mol. The van der Waals surface area contributed by atoms with Crippen molar-refractivity contribution in [1.29, 1.82) is 0 Å². The average Bonchev–Trinajstić information content (AvgIpc) is 2.68. The van der Waals surface area contributed by atoms with Crippen LogP contribution >= 0.6 is 11.6 Å². The lowest BCUT2D eigenvalue weighted by molar-refractivity contribution is 0.575. The first-order chi connectivity index (χ1) is 8.26. The van der Waals surface area contributed by atoms with Gasteiger partial charge in [0.25, 0.3) is 0 Å². The van der Waals surface area contributed by atoms with E-state index >= 15 is 0 Å². The largest absolute Gasteiger partial charge is 0.307 e. The van der Waals surface area contributed by atoms with Gasteiger partial charge in [0.05, 0.1) is 0 Å². The normalized spacial score (nSPS) is 27.1.